The van der Waals surface area contributed by atoms with Crippen molar-refractivity contribution in [1.82, 2.24) is 10.3 Å². The number of ether oxygens (including phenoxy) is 1. The quantitative estimate of drug-likeness (QED) is 0.353. The number of aromatic nitrogens is 1. The molecule has 0 spiro atoms. The molecule has 4 rings (SSSR count). The Morgan fingerprint density at radius 2 is 1.71 bits per heavy atom. The third-order valence-corrected chi connectivity index (χ3v) is 6.71. The summed E-state index contributed by atoms with van der Waals surface area (Å²) in [5, 5.41) is 14.3. The minimum absolute atomic E-state index is 0.0863. The van der Waals surface area contributed by atoms with Crippen LogP contribution in [0, 0.1) is 6.92 Å². The number of carboxylic acids is 1. The molecule has 180 valence electrons. The lowest BCUT2D eigenvalue weighted by Crippen LogP contribution is -2.44. The fraction of sp³-hybridized carbons (Fsp3) is 0.231. The number of benzene rings is 2. The number of hydrogen-bond donors (Lipinski definition) is 3. The number of anilines is 1. The van der Waals surface area contributed by atoms with Gasteiger partial charge in [-0.2, -0.15) is 0 Å². The Morgan fingerprint density at radius 1 is 1.09 bits per heavy atom. The first-order valence-corrected chi connectivity index (χ1v) is 11.9. The topological polar surface area (TPSA) is 118 Å². The predicted molar refractivity (Wildman–Crippen MR) is 134 cm³/mol. The van der Waals surface area contributed by atoms with Gasteiger partial charge in [0.25, 0.3) is 0 Å². The Bertz CT molecular complexity index is 1230. The largest absolute Gasteiger partial charge is 0.481 e. The lowest BCUT2D eigenvalue weighted by molar-refractivity contribution is -0.137. The van der Waals surface area contributed by atoms with Gasteiger partial charge in [-0.15, -0.1) is 0 Å². The Labute approximate surface area is 210 Å². The summed E-state index contributed by atoms with van der Waals surface area (Å²) in [6, 6.07) is 16.6. The van der Waals surface area contributed by atoms with Gasteiger partial charge in [-0.1, -0.05) is 48.5 Å². The zero-order chi connectivity index (χ0) is 24.9. The molecule has 0 aliphatic heterocycles. The zero-order valence-corrected chi connectivity index (χ0v) is 20.5. The molecule has 0 saturated carbocycles. The molecule has 1 heterocycles. The van der Waals surface area contributed by atoms with Gasteiger partial charge in [0.15, 0.2) is 0 Å². The maximum Gasteiger partial charge on any atom is 0.407 e. The fourth-order valence-electron chi connectivity index (χ4n) is 4.17. The number of nitrogens with one attached hydrogen (secondary N) is 2. The molecule has 2 amide bonds. The van der Waals surface area contributed by atoms with E-state index in [0.29, 0.717) is 10.3 Å². The minimum atomic E-state index is -1.09. The van der Waals surface area contributed by atoms with Gasteiger partial charge in [0.2, 0.25) is 5.91 Å². The highest BCUT2D eigenvalue weighted by molar-refractivity contribution is 9.10. The van der Waals surface area contributed by atoms with Crippen LogP contribution in [0.1, 0.15) is 35.4 Å². The first-order chi connectivity index (χ1) is 16.8. The van der Waals surface area contributed by atoms with E-state index in [1.54, 1.807) is 6.07 Å². The van der Waals surface area contributed by atoms with Gasteiger partial charge in [0.1, 0.15) is 17.3 Å². The van der Waals surface area contributed by atoms with E-state index in [2.05, 4.69) is 31.5 Å². The second-order valence-electron chi connectivity index (χ2n) is 8.28. The van der Waals surface area contributed by atoms with Crippen LogP contribution in [0.15, 0.2) is 65.4 Å². The van der Waals surface area contributed by atoms with Crippen LogP contribution in [0.25, 0.3) is 11.1 Å². The molecule has 2 aromatic carbocycles. The number of hydrogen-bond acceptors (Lipinski definition) is 5. The summed E-state index contributed by atoms with van der Waals surface area (Å²) in [5.41, 5.74) is 5.60. The van der Waals surface area contributed by atoms with Crippen LogP contribution in [0.4, 0.5) is 10.5 Å². The molecule has 0 radical (unpaired) electrons. The van der Waals surface area contributed by atoms with Crippen molar-refractivity contribution < 1.29 is 24.2 Å². The van der Waals surface area contributed by atoms with Crippen molar-refractivity contribution in [2.75, 3.05) is 11.9 Å². The van der Waals surface area contributed by atoms with Crippen molar-refractivity contribution >= 4 is 39.6 Å². The molecule has 1 aliphatic rings. The molecule has 1 unspecified atom stereocenters. The van der Waals surface area contributed by atoms with Crippen LogP contribution in [0.2, 0.25) is 0 Å². The number of aliphatic carboxylic acids is 1. The molecule has 1 atom stereocenters. The van der Waals surface area contributed by atoms with Crippen LogP contribution in [0.5, 0.6) is 0 Å². The molecule has 8 nitrogen and oxygen atoms in total. The second kappa shape index (κ2) is 10.7. The molecule has 1 aliphatic carbocycles. The predicted octanol–water partition coefficient (Wildman–Crippen LogP) is 4.86. The van der Waals surface area contributed by atoms with Crippen molar-refractivity contribution in [3.05, 3.63) is 82.1 Å². The summed E-state index contributed by atoms with van der Waals surface area (Å²) >= 11 is 3.30. The lowest BCUT2D eigenvalue weighted by atomic mass is 9.98. The van der Waals surface area contributed by atoms with Gasteiger partial charge in [-0.3, -0.25) is 9.59 Å². The van der Waals surface area contributed by atoms with E-state index in [0.717, 1.165) is 27.8 Å². The van der Waals surface area contributed by atoms with Crippen LogP contribution in [-0.4, -0.2) is 40.7 Å². The number of rotatable bonds is 8. The van der Waals surface area contributed by atoms with Gasteiger partial charge < -0.3 is 20.5 Å². The Hall–Kier alpha value is -3.72. The molecule has 0 bridgehead atoms. The van der Waals surface area contributed by atoms with Gasteiger partial charge in [0, 0.05) is 12.3 Å². The van der Waals surface area contributed by atoms with Crippen LogP contribution in [-0.2, 0) is 14.3 Å². The van der Waals surface area contributed by atoms with E-state index in [4.69, 9.17) is 9.84 Å². The molecule has 3 aromatic rings. The number of amides is 2. The molecule has 0 fully saturated rings. The number of carbonyl (C=O) groups is 3. The number of carbonyl (C=O) groups excluding carboxylic acids is 2. The van der Waals surface area contributed by atoms with Crippen molar-refractivity contribution in [1.29, 1.82) is 0 Å². The van der Waals surface area contributed by atoms with Crippen molar-refractivity contribution in [2.24, 2.45) is 0 Å². The van der Waals surface area contributed by atoms with E-state index >= 15 is 0 Å². The summed E-state index contributed by atoms with van der Waals surface area (Å²) in [5.74, 6) is -1.75. The van der Waals surface area contributed by atoms with Gasteiger partial charge >= 0.3 is 12.1 Å². The number of aryl methyl sites for hydroxylation is 1. The van der Waals surface area contributed by atoms with Gasteiger partial charge in [-0.05, 0) is 63.2 Å². The summed E-state index contributed by atoms with van der Waals surface area (Å²) < 4.78 is 6.16. The highest BCUT2D eigenvalue weighted by Gasteiger charge is 2.30. The molecule has 1 aromatic heterocycles. The number of pyridine rings is 1. The summed E-state index contributed by atoms with van der Waals surface area (Å²) in [7, 11) is 0. The maximum atomic E-state index is 12.8. The molecule has 0 saturated heterocycles. The molecular weight excluding hydrogens is 514 g/mol. The van der Waals surface area contributed by atoms with Crippen LogP contribution < -0.4 is 10.6 Å². The SMILES string of the molecule is Cc1cc(NC(=O)C(CCC(=O)O)NC(=O)OCC2c3ccccc3-c3ccccc32)cnc1Br. The smallest absolute Gasteiger partial charge is 0.407 e. The van der Waals surface area contributed by atoms with E-state index < -0.39 is 24.0 Å². The molecule has 9 heteroatoms. The highest BCUT2D eigenvalue weighted by atomic mass is 79.9. The lowest BCUT2D eigenvalue weighted by Gasteiger charge is -2.19. The van der Waals surface area contributed by atoms with Crippen molar-refractivity contribution in [3.8, 4) is 11.1 Å². The standard InChI is InChI=1S/C26H24BrN3O5/c1-15-12-16(13-28-24(15)27)29-25(33)22(10-11-23(31)32)30-26(34)35-14-21-19-8-4-2-6-17(19)18-7-3-5-9-20(18)21/h2-9,12-13,21-22H,10-11,14H2,1H3,(H,29,33)(H,30,34)(H,31,32). The van der Waals surface area contributed by atoms with E-state index in [-0.39, 0.29) is 25.4 Å². The third-order valence-electron chi connectivity index (χ3n) is 5.88. The number of nitrogens with zero attached hydrogens (tertiary/aromatic N) is 1. The summed E-state index contributed by atoms with van der Waals surface area (Å²) in [4.78, 5) is 40.7. The Morgan fingerprint density at radius 3 is 2.31 bits per heavy atom. The number of fused-ring (bicyclic) bond motifs is 3. The number of alkyl carbamates (subject to hydrolysis) is 1. The fourth-order valence-corrected chi connectivity index (χ4v) is 4.39. The Kier molecular flexibility index (Phi) is 7.45. The monoisotopic (exact) mass is 537 g/mol. The molecule has 3 N–H and O–H groups in total. The highest BCUT2D eigenvalue weighted by Crippen LogP contribution is 2.44. The second-order valence-corrected chi connectivity index (χ2v) is 9.03. The van der Waals surface area contributed by atoms with E-state index in [9.17, 15) is 14.4 Å². The molecule has 35 heavy (non-hydrogen) atoms. The average Bonchev–Trinajstić information content (AvgIpc) is 3.16. The molecular formula is C26H24BrN3O5. The minimum Gasteiger partial charge on any atom is -0.481 e. The van der Waals surface area contributed by atoms with E-state index in [1.165, 1.54) is 6.20 Å². The van der Waals surface area contributed by atoms with Gasteiger partial charge in [0.05, 0.1) is 11.9 Å². The average molecular weight is 538 g/mol. The maximum absolute atomic E-state index is 12.8. The van der Waals surface area contributed by atoms with Gasteiger partial charge in [-0.25, -0.2) is 9.78 Å². The number of carboxylic acid groups (broad SMARTS) is 1. The Balaban J connectivity index is 1.43. The normalized spacial score (nSPS) is 12.9. The zero-order valence-electron chi connectivity index (χ0n) is 19.0. The van der Waals surface area contributed by atoms with Crippen molar-refractivity contribution in [2.45, 2.75) is 31.7 Å². The third kappa shape index (κ3) is 5.68. The summed E-state index contributed by atoms with van der Waals surface area (Å²) in [6.45, 7) is 1.91. The van der Waals surface area contributed by atoms with Crippen LogP contribution in [0.3, 0.4) is 0 Å². The van der Waals surface area contributed by atoms with E-state index in [1.807, 2.05) is 55.5 Å². The first kappa shape index (κ1) is 24.4. The van der Waals surface area contributed by atoms with Crippen LogP contribution >= 0.6 is 15.9 Å². The summed E-state index contributed by atoms with van der Waals surface area (Å²) in [6.07, 6.45) is 0.298. The first-order valence-electron chi connectivity index (χ1n) is 11.1. The number of halogens is 1. The van der Waals surface area contributed by atoms with Crippen molar-refractivity contribution in [3.63, 3.8) is 0 Å².